The van der Waals surface area contributed by atoms with Gasteiger partial charge < -0.3 is 0 Å². The van der Waals surface area contributed by atoms with Crippen LogP contribution in [-0.4, -0.2) is 36.6 Å². The number of carbonyl (C=O) groups excluding carboxylic acids is 2. The number of aryl methyl sites for hydroxylation is 1. The van der Waals surface area contributed by atoms with Crippen LogP contribution in [0.1, 0.15) is 46.0 Å². The van der Waals surface area contributed by atoms with Crippen LogP contribution >= 0.6 is 0 Å². The predicted octanol–water partition coefficient (Wildman–Crippen LogP) is 2.34. The van der Waals surface area contributed by atoms with Crippen LogP contribution in [0.3, 0.4) is 0 Å². The number of likely N-dealkylation sites (N-methyl/N-ethyl adjacent to an activating group) is 1. The van der Waals surface area contributed by atoms with Crippen molar-refractivity contribution in [1.82, 2.24) is 4.90 Å². The molecule has 2 rings (SSSR count). The zero-order valence-electron chi connectivity index (χ0n) is 11.2. The van der Waals surface area contributed by atoms with Crippen LogP contribution in [0.25, 0.3) is 0 Å². The monoisotopic (exact) mass is 245 g/mol. The molecule has 0 spiro atoms. The molecular weight excluding hydrogens is 226 g/mol. The lowest BCUT2D eigenvalue weighted by atomic mass is 9.88. The molecule has 0 amide bonds. The quantitative estimate of drug-likeness (QED) is 0.767. The molecule has 0 heterocycles. The predicted molar refractivity (Wildman–Crippen MR) is 71.2 cm³/mol. The fraction of sp³-hybridized carbons (Fsp3) is 0.467. The van der Waals surface area contributed by atoms with Crippen LogP contribution in [0.15, 0.2) is 18.2 Å². The Balaban J connectivity index is 2.31. The second-order valence-electron chi connectivity index (χ2n) is 5.15. The Bertz CT molecular complexity index is 491. The first-order valence-corrected chi connectivity index (χ1v) is 6.37. The van der Waals surface area contributed by atoms with E-state index >= 15 is 0 Å². The van der Waals surface area contributed by atoms with Crippen molar-refractivity contribution in [3.05, 3.63) is 34.9 Å². The van der Waals surface area contributed by atoms with E-state index in [0.717, 1.165) is 24.0 Å². The summed E-state index contributed by atoms with van der Waals surface area (Å²) in [6.45, 7) is 1.90. The molecule has 1 aliphatic carbocycles. The lowest BCUT2D eigenvalue weighted by molar-refractivity contribution is 0.0888. The Labute approximate surface area is 108 Å². The number of rotatable bonds is 3. The minimum atomic E-state index is -0.137. The van der Waals surface area contributed by atoms with Crippen molar-refractivity contribution < 1.29 is 9.59 Å². The van der Waals surface area contributed by atoms with Crippen molar-refractivity contribution in [2.45, 2.75) is 32.2 Å². The topological polar surface area (TPSA) is 37.4 Å². The van der Waals surface area contributed by atoms with Crippen molar-refractivity contribution in [2.24, 2.45) is 0 Å². The summed E-state index contributed by atoms with van der Waals surface area (Å²) in [4.78, 5) is 25.8. The summed E-state index contributed by atoms with van der Waals surface area (Å²) in [6.07, 6.45) is 2.43. The van der Waals surface area contributed by atoms with Crippen LogP contribution in [0, 0.1) is 0 Å². The normalized spacial score (nSPS) is 16.6. The molecule has 1 aliphatic rings. The lowest BCUT2D eigenvalue weighted by Gasteiger charge is -2.20. The summed E-state index contributed by atoms with van der Waals surface area (Å²) < 4.78 is 0. The van der Waals surface area contributed by atoms with Gasteiger partial charge in [-0.2, -0.15) is 0 Å². The highest BCUT2D eigenvalue weighted by Gasteiger charge is 2.21. The van der Waals surface area contributed by atoms with Crippen molar-refractivity contribution >= 4 is 11.6 Å². The Morgan fingerprint density at radius 3 is 2.67 bits per heavy atom. The zero-order valence-corrected chi connectivity index (χ0v) is 11.2. The van der Waals surface area contributed by atoms with E-state index in [2.05, 4.69) is 0 Å². The van der Waals surface area contributed by atoms with Gasteiger partial charge in [-0.05, 0) is 45.5 Å². The molecule has 0 fully saturated rings. The van der Waals surface area contributed by atoms with Crippen molar-refractivity contribution in [1.29, 1.82) is 0 Å². The fourth-order valence-corrected chi connectivity index (χ4v) is 2.28. The fourth-order valence-electron chi connectivity index (χ4n) is 2.28. The molecule has 0 saturated carbocycles. The number of Topliss-reactive ketones (excluding diaryl/α,β-unsaturated/α-hetero) is 2. The third-order valence-electron chi connectivity index (χ3n) is 3.69. The minimum absolute atomic E-state index is 0.112. The summed E-state index contributed by atoms with van der Waals surface area (Å²) in [5, 5.41) is 0. The van der Waals surface area contributed by atoms with E-state index in [1.165, 1.54) is 0 Å². The van der Waals surface area contributed by atoms with Crippen molar-refractivity contribution in [2.75, 3.05) is 14.1 Å². The van der Waals surface area contributed by atoms with Crippen molar-refractivity contribution in [3.8, 4) is 0 Å². The second kappa shape index (κ2) is 5.02. The molecule has 18 heavy (non-hydrogen) atoms. The van der Waals surface area contributed by atoms with Gasteiger partial charge in [-0.3, -0.25) is 14.5 Å². The van der Waals surface area contributed by atoms with Gasteiger partial charge in [-0.1, -0.05) is 12.1 Å². The average molecular weight is 245 g/mol. The summed E-state index contributed by atoms with van der Waals surface area (Å²) in [5.41, 5.74) is 2.54. The zero-order chi connectivity index (χ0) is 13.3. The van der Waals surface area contributed by atoms with E-state index in [4.69, 9.17) is 0 Å². The molecule has 1 aromatic rings. The highest BCUT2D eigenvalue weighted by Crippen LogP contribution is 2.23. The number of hydrogen-bond acceptors (Lipinski definition) is 3. The van der Waals surface area contributed by atoms with E-state index in [1.54, 1.807) is 6.07 Å². The maximum absolute atomic E-state index is 12.2. The first-order chi connectivity index (χ1) is 8.50. The molecule has 0 aromatic heterocycles. The summed E-state index contributed by atoms with van der Waals surface area (Å²) in [6, 6.07) is 5.35. The molecule has 0 aliphatic heterocycles. The highest BCUT2D eigenvalue weighted by molar-refractivity contribution is 6.03. The molecule has 1 aromatic carbocycles. The summed E-state index contributed by atoms with van der Waals surface area (Å²) in [5.74, 6) is 0.316. The average Bonchev–Trinajstić information content (AvgIpc) is 2.36. The van der Waals surface area contributed by atoms with Gasteiger partial charge in [0.05, 0.1) is 6.04 Å². The molecule has 96 valence electrons. The molecule has 1 atom stereocenters. The summed E-state index contributed by atoms with van der Waals surface area (Å²) in [7, 11) is 3.79. The Hall–Kier alpha value is -1.48. The Morgan fingerprint density at radius 2 is 2.00 bits per heavy atom. The third-order valence-corrected chi connectivity index (χ3v) is 3.69. The van der Waals surface area contributed by atoms with Gasteiger partial charge in [0.25, 0.3) is 0 Å². The van der Waals surface area contributed by atoms with Crippen LogP contribution < -0.4 is 0 Å². The van der Waals surface area contributed by atoms with E-state index in [9.17, 15) is 9.59 Å². The maximum Gasteiger partial charge on any atom is 0.179 e. The van der Waals surface area contributed by atoms with Gasteiger partial charge in [-0.25, -0.2) is 0 Å². The molecule has 3 nitrogen and oxygen atoms in total. The largest absolute Gasteiger partial charge is 0.300 e. The highest BCUT2D eigenvalue weighted by atomic mass is 16.1. The number of fused-ring (bicyclic) bond motifs is 1. The SMILES string of the molecule is C[C@@H](C(=O)c1ccc2c(c1)CCCC2=O)N(C)C. The molecule has 0 unspecified atom stereocenters. The van der Waals surface area contributed by atoms with Gasteiger partial charge in [0.2, 0.25) is 0 Å². The molecule has 3 heteroatoms. The Kier molecular flexibility index (Phi) is 3.62. The third kappa shape index (κ3) is 2.36. The van der Waals surface area contributed by atoms with E-state index < -0.39 is 0 Å². The molecule has 0 saturated heterocycles. The lowest BCUT2D eigenvalue weighted by Crippen LogP contribution is -2.33. The number of carbonyl (C=O) groups is 2. The van der Waals surface area contributed by atoms with Crippen LogP contribution in [0.2, 0.25) is 0 Å². The molecule has 0 N–H and O–H groups in total. The molecule has 0 bridgehead atoms. The number of ketones is 2. The van der Waals surface area contributed by atoms with Gasteiger partial charge in [0.15, 0.2) is 11.6 Å². The minimum Gasteiger partial charge on any atom is -0.300 e. The Morgan fingerprint density at radius 1 is 1.28 bits per heavy atom. The van der Waals surface area contributed by atoms with Crippen LogP contribution in [0.4, 0.5) is 0 Å². The number of benzene rings is 1. The first kappa shape index (κ1) is 13.0. The summed E-state index contributed by atoms with van der Waals surface area (Å²) >= 11 is 0. The number of hydrogen-bond donors (Lipinski definition) is 0. The van der Waals surface area contributed by atoms with E-state index in [0.29, 0.717) is 12.0 Å². The van der Waals surface area contributed by atoms with Gasteiger partial charge >= 0.3 is 0 Å². The van der Waals surface area contributed by atoms with E-state index in [1.807, 2.05) is 38.1 Å². The maximum atomic E-state index is 12.2. The van der Waals surface area contributed by atoms with Gasteiger partial charge in [-0.15, -0.1) is 0 Å². The van der Waals surface area contributed by atoms with E-state index in [-0.39, 0.29) is 17.6 Å². The second-order valence-corrected chi connectivity index (χ2v) is 5.15. The van der Waals surface area contributed by atoms with Gasteiger partial charge in [0.1, 0.15) is 0 Å². The molecular formula is C15H19NO2. The van der Waals surface area contributed by atoms with Gasteiger partial charge in [0, 0.05) is 17.5 Å². The standard InChI is InChI=1S/C15H19NO2/c1-10(16(2)3)15(18)12-7-8-13-11(9-12)5-4-6-14(13)17/h7-10H,4-6H2,1-3H3/t10-/m0/s1. The smallest absolute Gasteiger partial charge is 0.179 e. The van der Waals surface area contributed by atoms with Crippen molar-refractivity contribution in [3.63, 3.8) is 0 Å². The van der Waals surface area contributed by atoms with Crippen LogP contribution in [0.5, 0.6) is 0 Å². The first-order valence-electron chi connectivity index (χ1n) is 6.37. The number of nitrogens with zero attached hydrogens (tertiary/aromatic N) is 1. The molecule has 0 radical (unpaired) electrons. The van der Waals surface area contributed by atoms with Crippen LogP contribution in [-0.2, 0) is 6.42 Å².